The Labute approximate surface area is 115 Å². The molecule has 0 saturated heterocycles. The highest BCUT2D eigenvalue weighted by Gasteiger charge is 2.41. The molecule has 0 bridgehead atoms. The molecular formula is C14H18F3N3. The van der Waals surface area contributed by atoms with Crippen LogP contribution in [0.15, 0.2) is 12.3 Å². The summed E-state index contributed by atoms with van der Waals surface area (Å²) in [4.78, 5) is 3.34. The summed E-state index contributed by atoms with van der Waals surface area (Å²) in [6.07, 6.45) is 1.65. The molecule has 2 fully saturated rings. The maximum Gasteiger partial charge on any atom is 0.433 e. The molecule has 0 atom stereocenters. The molecule has 0 amide bonds. The molecule has 0 spiro atoms. The van der Waals surface area contributed by atoms with Crippen LogP contribution in [0.4, 0.5) is 24.5 Å². The summed E-state index contributed by atoms with van der Waals surface area (Å²) >= 11 is 0. The number of nitrogen functional groups attached to an aromatic ring is 1. The van der Waals surface area contributed by atoms with E-state index in [-0.39, 0.29) is 5.69 Å². The van der Waals surface area contributed by atoms with Gasteiger partial charge in [0.1, 0.15) is 5.69 Å². The van der Waals surface area contributed by atoms with Gasteiger partial charge in [0.05, 0.1) is 17.6 Å². The summed E-state index contributed by atoms with van der Waals surface area (Å²) in [5.41, 5.74) is 5.42. The Bertz CT molecular complexity index is 481. The minimum atomic E-state index is -4.43. The van der Waals surface area contributed by atoms with Gasteiger partial charge in [-0.3, -0.25) is 0 Å². The first-order valence-electron chi connectivity index (χ1n) is 7.01. The molecule has 0 unspecified atom stereocenters. The van der Waals surface area contributed by atoms with Gasteiger partial charge in [0.2, 0.25) is 0 Å². The van der Waals surface area contributed by atoms with Crippen molar-refractivity contribution in [2.24, 2.45) is 17.8 Å². The second-order valence-corrected chi connectivity index (χ2v) is 5.87. The number of nitrogens with zero attached hydrogens (tertiary/aromatic N) is 1. The van der Waals surface area contributed by atoms with Crippen LogP contribution < -0.4 is 11.1 Å². The maximum absolute atomic E-state index is 12.6. The molecule has 0 aromatic carbocycles. The van der Waals surface area contributed by atoms with Crippen molar-refractivity contribution in [1.82, 2.24) is 4.98 Å². The van der Waals surface area contributed by atoms with Crippen molar-refractivity contribution in [3.05, 3.63) is 18.0 Å². The summed E-state index contributed by atoms with van der Waals surface area (Å²) in [7, 11) is 0. The largest absolute Gasteiger partial charge is 0.433 e. The number of pyridine rings is 1. The average molecular weight is 285 g/mol. The van der Waals surface area contributed by atoms with Crippen molar-refractivity contribution >= 4 is 11.4 Å². The Morgan fingerprint density at radius 3 is 2.35 bits per heavy atom. The Balaban J connectivity index is 1.69. The fourth-order valence-corrected chi connectivity index (χ4v) is 2.77. The maximum atomic E-state index is 12.6. The highest BCUT2D eigenvalue weighted by molar-refractivity contribution is 5.65. The monoisotopic (exact) mass is 285 g/mol. The molecule has 2 saturated carbocycles. The third kappa shape index (κ3) is 2.99. The first kappa shape index (κ1) is 13.5. The Morgan fingerprint density at radius 2 is 1.85 bits per heavy atom. The number of rotatable bonds is 5. The van der Waals surface area contributed by atoms with E-state index in [4.69, 9.17) is 5.73 Å². The molecule has 2 aliphatic carbocycles. The van der Waals surface area contributed by atoms with E-state index in [0.29, 0.717) is 18.2 Å². The van der Waals surface area contributed by atoms with E-state index in [0.717, 1.165) is 24.1 Å². The van der Waals surface area contributed by atoms with Crippen molar-refractivity contribution < 1.29 is 13.2 Å². The van der Waals surface area contributed by atoms with Gasteiger partial charge in [-0.2, -0.15) is 13.2 Å². The van der Waals surface area contributed by atoms with Gasteiger partial charge in [0.15, 0.2) is 0 Å². The molecule has 1 heterocycles. The highest BCUT2D eigenvalue weighted by atomic mass is 19.4. The van der Waals surface area contributed by atoms with E-state index >= 15 is 0 Å². The number of hydrogen-bond donors (Lipinski definition) is 2. The van der Waals surface area contributed by atoms with Crippen LogP contribution in [0.1, 0.15) is 31.4 Å². The highest BCUT2D eigenvalue weighted by Crippen LogP contribution is 2.49. The molecule has 20 heavy (non-hydrogen) atoms. The number of nitrogens with one attached hydrogen (secondary N) is 1. The van der Waals surface area contributed by atoms with Gasteiger partial charge in [0, 0.05) is 6.54 Å². The summed E-state index contributed by atoms with van der Waals surface area (Å²) in [5, 5.41) is 3.10. The van der Waals surface area contributed by atoms with Crippen molar-refractivity contribution in [3.8, 4) is 0 Å². The number of aromatic nitrogens is 1. The summed E-state index contributed by atoms with van der Waals surface area (Å²) < 4.78 is 37.9. The van der Waals surface area contributed by atoms with E-state index in [2.05, 4.69) is 10.3 Å². The van der Waals surface area contributed by atoms with Crippen molar-refractivity contribution in [2.75, 3.05) is 17.6 Å². The molecule has 0 radical (unpaired) electrons. The lowest BCUT2D eigenvalue weighted by Gasteiger charge is -2.18. The van der Waals surface area contributed by atoms with Crippen molar-refractivity contribution in [1.29, 1.82) is 0 Å². The zero-order valence-electron chi connectivity index (χ0n) is 11.1. The number of halogens is 3. The van der Waals surface area contributed by atoms with Gasteiger partial charge in [-0.25, -0.2) is 4.98 Å². The predicted molar refractivity (Wildman–Crippen MR) is 71.1 cm³/mol. The van der Waals surface area contributed by atoms with Crippen LogP contribution in [-0.4, -0.2) is 11.5 Å². The normalized spacial score (nSPS) is 19.4. The van der Waals surface area contributed by atoms with Crippen LogP contribution in [0.3, 0.4) is 0 Å². The Hall–Kier alpha value is -1.46. The smallest absolute Gasteiger partial charge is 0.396 e. The first-order valence-corrected chi connectivity index (χ1v) is 7.01. The number of hydrogen-bond acceptors (Lipinski definition) is 3. The van der Waals surface area contributed by atoms with E-state index in [1.54, 1.807) is 0 Å². The third-order valence-corrected chi connectivity index (χ3v) is 4.21. The fourth-order valence-electron chi connectivity index (χ4n) is 2.77. The molecule has 3 rings (SSSR count). The number of nitrogens with two attached hydrogens (primary N) is 1. The number of anilines is 2. The van der Waals surface area contributed by atoms with Crippen LogP contribution in [0.5, 0.6) is 0 Å². The lowest BCUT2D eigenvalue weighted by Crippen LogP contribution is -2.19. The molecule has 3 N–H and O–H groups in total. The molecule has 6 heteroatoms. The van der Waals surface area contributed by atoms with Gasteiger partial charge >= 0.3 is 6.18 Å². The zero-order chi connectivity index (χ0) is 14.3. The van der Waals surface area contributed by atoms with E-state index < -0.39 is 11.9 Å². The third-order valence-electron chi connectivity index (χ3n) is 4.21. The van der Waals surface area contributed by atoms with Crippen LogP contribution in [0.2, 0.25) is 0 Å². The van der Waals surface area contributed by atoms with Gasteiger partial charge in [-0.1, -0.05) is 0 Å². The molecular weight excluding hydrogens is 267 g/mol. The second kappa shape index (κ2) is 4.82. The lowest BCUT2D eigenvalue weighted by molar-refractivity contribution is -0.141. The van der Waals surface area contributed by atoms with E-state index in [1.807, 2.05) is 0 Å². The summed E-state index contributed by atoms with van der Waals surface area (Å²) in [5.74, 6) is 2.08. The van der Waals surface area contributed by atoms with Crippen LogP contribution >= 0.6 is 0 Å². The fraction of sp³-hybridized carbons (Fsp3) is 0.643. The molecule has 2 aliphatic rings. The standard InChI is InChI=1S/C14H18F3N3/c15-14(16,17)13-5-12(11(18)7-20-13)19-6-10(8-1-2-8)9-3-4-9/h5,7-10H,1-4,6,18H2,(H,19,20). The van der Waals surface area contributed by atoms with Crippen LogP contribution in [0, 0.1) is 17.8 Å². The van der Waals surface area contributed by atoms with Crippen LogP contribution in [-0.2, 0) is 6.18 Å². The molecule has 110 valence electrons. The predicted octanol–water partition coefficient (Wildman–Crippen LogP) is 3.53. The minimum Gasteiger partial charge on any atom is -0.396 e. The SMILES string of the molecule is Nc1cnc(C(F)(F)F)cc1NCC(C1CC1)C1CC1. The minimum absolute atomic E-state index is 0.267. The van der Waals surface area contributed by atoms with Gasteiger partial charge in [-0.05, 0) is 49.5 Å². The van der Waals surface area contributed by atoms with Gasteiger partial charge in [-0.15, -0.1) is 0 Å². The summed E-state index contributed by atoms with van der Waals surface area (Å²) in [6, 6.07) is 1.01. The Kier molecular flexibility index (Phi) is 3.26. The second-order valence-electron chi connectivity index (χ2n) is 5.87. The van der Waals surface area contributed by atoms with Gasteiger partial charge < -0.3 is 11.1 Å². The quantitative estimate of drug-likeness (QED) is 0.870. The average Bonchev–Trinajstić information content (AvgIpc) is 3.24. The Morgan fingerprint density at radius 1 is 1.25 bits per heavy atom. The van der Waals surface area contributed by atoms with E-state index in [1.165, 1.54) is 25.7 Å². The van der Waals surface area contributed by atoms with Crippen molar-refractivity contribution in [2.45, 2.75) is 31.9 Å². The first-order chi connectivity index (χ1) is 9.45. The molecule has 3 nitrogen and oxygen atoms in total. The van der Waals surface area contributed by atoms with Gasteiger partial charge in [0.25, 0.3) is 0 Å². The number of alkyl halides is 3. The molecule has 1 aromatic heterocycles. The van der Waals surface area contributed by atoms with Crippen LogP contribution in [0.25, 0.3) is 0 Å². The topological polar surface area (TPSA) is 50.9 Å². The summed E-state index contributed by atoms with van der Waals surface area (Å²) in [6.45, 7) is 0.709. The van der Waals surface area contributed by atoms with Crippen molar-refractivity contribution in [3.63, 3.8) is 0 Å². The lowest BCUT2D eigenvalue weighted by atomic mass is 9.98. The van der Waals surface area contributed by atoms with E-state index in [9.17, 15) is 13.2 Å². The molecule has 1 aromatic rings. The zero-order valence-corrected chi connectivity index (χ0v) is 11.1. The molecule has 0 aliphatic heterocycles.